The minimum Gasteiger partial charge on any atom is -0.338 e. The molecular weight excluding hydrogens is 360 g/mol. The number of hydrogen-bond acceptors (Lipinski definition) is 5. The third-order valence-corrected chi connectivity index (χ3v) is 7.66. The first-order valence-corrected chi connectivity index (χ1v) is 10.4. The minimum atomic E-state index is -3.49. The lowest BCUT2D eigenvalue weighted by molar-refractivity contribution is -0.147. The summed E-state index contributed by atoms with van der Waals surface area (Å²) in [6.07, 6.45) is 3.56. The van der Waals surface area contributed by atoms with E-state index < -0.39 is 15.6 Å². The van der Waals surface area contributed by atoms with Gasteiger partial charge < -0.3 is 4.90 Å². The molecule has 0 aromatic rings. The van der Waals surface area contributed by atoms with Crippen LogP contribution in [0.1, 0.15) is 32.1 Å². The van der Waals surface area contributed by atoms with Crippen LogP contribution in [0.25, 0.3) is 0 Å². The summed E-state index contributed by atoms with van der Waals surface area (Å²) in [6, 6.07) is 0. The Bertz CT molecular complexity index is 706. The fraction of sp³-hybridized carbons (Fsp3) is 0.812. The van der Waals surface area contributed by atoms with Gasteiger partial charge in [0, 0.05) is 46.7 Å². The highest BCUT2D eigenvalue weighted by Crippen LogP contribution is 2.46. The normalized spacial score (nSPS) is 24.3. The van der Waals surface area contributed by atoms with Gasteiger partial charge in [-0.1, -0.05) is 12.8 Å². The van der Waals surface area contributed by atoms with E-state index >= 15 is 0 Å². The first kappa shape index (κ1) is 19.2. The number of likely N-dealkylation sites (tertiary alicyclic amines) is 1. The molecular formula is C16H26N4O5S. The zero-order chi connectivity index (χ0) is 19.1. The van der Waals surface area contributed by atoms with Crippen LogP contribution < -0.4 is 0 Å². The predicted molar refractivity (Wildman–Crippen MR) is 93.0 cm³/mol. The average molecular weight is 386 g/mol. The van der Waals surface area contributed by atoms with Crippen molar-refractivity contribution in [2.75, 3.05) is 46.8 Å². The summed E-state index contributed by atoms with van der Waals surface area (Å²) < 4.78 is 26.7. The van der Waals surface area contributed by atoms with Gasteiger partial charge in [0.25, 0.3) is 10.2 Å². The fourth-order valence-electron chi connectivity index (χ4n) is 4.10. The molecule has 0 unspecified atom stereocenters. The van der Waals surface area contributed by atoms with E-state index in [0.717, 1.165) is 34.9 Å². The van der Waals surface area contributed by atoms with E-state index in [2.05, 4.69) is 0 Å². The van der Waals surface area contributed by atoms with Crippen molar-refractivity contribution in [2.45, 2.75) is 32.1 Å². The lowest BCUT2D eigenvalue weighted by atomic mass is 9.84. The number of carbonyl (C=O) groups is 3. The largest absolute Gasteiger partial charge is 0.338 e. The predicted octanol–water partition coefficient (Wildman–Crippen LogP) is -0.744. The SMILES string of the molecule is CN(C)S(=O)(=O)N1CCN(C(=O)CN2C(=O)CC3(CCCC3)C2=O)CC1. The van der Waals surface area contributed by atoms with Crippen molar-refractivity contribution in [1.82, 2.24) is 18.4 Å². The van der Waals surface area contributed by atoms with Gasteiger partial charge >= 0.3 is 0 Å². The Kier molecular flexibility index (Phi) is 5.11. The van der Waals surface area contributed by atoms with Gasteiger partial charge in [-0.25, -0.2) is 0 Å². The highest BCUT2D eigenvalue weighted by molar-refractivity contribution is 7.86. The van der Waals surface area contributed by atoms with Crippen molar-refractivity contribution in [2.24, 2.45) is 5.41 Å². The Hall–Kier alpha value is -1.52. The van der Waals surface area contributed by atoms with Crippen molar-refractivity contribution in [3.8, 4) is 0 Å². The van der Waals surface area contributed by atoms with Gasteiger partial charge in [0.15, 0.2) is 0 Å². The molecule has 1 spiro atoms. The van der Waals surface area contributed by atoms with E-state index in [1.165, 1.54) is 23.3 Å². The van der Waals surface area contributed by atoms with Gasteiger partial charge in [-0.05, 0) is 12.8 Å². The lowest BCUT2D eigenvalue weighted by Gasteiger charge is -2.35. The average Bonchev–Trinajstić information content (AvgIpc) is 3.16. The van der Waals surface area contributed by atoms with Crippen LogP contribution in [0.5, 0.6) is 0 Å². The van der Waals surface area contributed by atoms with Crippen LogP contribution in [0, 0.1) is 5.41 Å². The summed E-state index contributed by atoms with van der Waals surface area (Å²) in [7, 11) is -0.557. The molecule has 0 radical (unpaired) electrons. The number of imide groups is 1. The standard InChI is InChI=1S/C16H26N4O5S/c1-17(2)26(24,25)19-9-7-18(8-10-19)14(22)12-20-13(21)11-16(15(20)23)5-3-4-6-16/h3-12H2,1-2H3. The Labute approximate surface area is 154 Å². The molecule has 146 valence electrons. The summed E-state index contributed by atoms with van der Waals surface area (Å²) in [4.78, 5) is 40.1. The van der Waals surface area contributed by atoms with Crippen molar-refractivity contribution < 1.29 is 22.8 Å². The zero-order valence-corrected chi connectivity index (χ0v) is 16.1. The minimum absolute atomic E-state index is 0.206. The molecule has 2 aliphatic heterocycles. The second-order valence-electron chi connectivity index (χ2n) is 7.52. The maximum Gasteiger partial charge on any atom is 0.281 e. The molecule has 3 amide bonds. The number of carbonyl (C=O) groups excluding carboxylic acids is 3. The quantitative estimate of drug-likeness (QED) is 0.593. The van der Waals surface area contributed by atoms with E-state index in [1.807, 2.05) is 0 Å². The molecule has 9 nitrogen and oxygen atoms in total. The number of amides is 3. The topological polar surface area (TPSA) is 98.3 Å². The Morgan fingerprint density at radius 3 is 2.19 bits per heavy atom. The molecule has 0 atom stereocenters. The van der Waals surface area contributed by atoms with Crippen molar-refractivity contribution in [3.05, 3.63) is 0 Å². The fourth-order valence-corrected chi connectivity index (χ4v) is 5.18. The smallest absolute Gasteiger partial charge is 0.281 e. The zero-order valence-electron chi connectivity index (χ0n) is 15.3. The Morgan fingerprint density at radius 1 is 1.08 bits per heavy atom. The molecule has 3 rings (SSSR count). The summed E-state index contributed by atoms with van der Waals surface area (Å²) in [6.45, 7) is 0.691. The van der Waals surface area contributed by atoms with Crippen LogP contribution >= 0.6 is 0 Å². The third-order valence-electron chi connectivity index (χ3n) is 5.72. The highest BCUT2D eigenvalue weighted by Gasteiger charge is 2.53. The van der Waals surface area contributed by atoms with Gasteiger partial charge in [0.2, 0.25) is 17.7 Å². The highest BCUT2D eigenvalue weighted by atomic mass is 32.2. The first-order valence-electron chi connectivity index (χ1n) is 8.98. The maximum absolute atomic E-state index is 12.7. The van der Waals surface area contributed by atoms with E-state index in [0.29, 0.717) is 0 Å². The van der Waals surface area contributed by atoms with Crippen LogP contribution in [0.2, 0.25) is 0 Å². The molecule has 3 fully saturated rings. The molecule has 26 heavy (non-hydrogen) atoms. The molecule has 0 aromatic carbocycles. The van der Waals surface area contributed by atoms with Crippen molar-refractivity contribution in [3.63, 3.8) is 0 Å². The van der Waals surface area contributed by atoms with Crippen molar-refractivity contribution in [1.29, 1.82) is 0 Å². The van der Waals surface area contributed by atoms with E-state index in [4.69, 9.17) is 0 Å². The van der Waals surface area contributed by atoms with Gasteiger partial charge in [-0.15, -0.1) is 0 Å². The molecule has 2 saturated heterocycles. The second-order valence-corrected chi connectivity index (χ2v) is 9.66. The van der Waals surface area contributed by atoms with Gasteiger partial charge in [0.1, 0.15) is 6.54 Å². The number of hydrogen-bond donors (Lipinski definition) is 0. The summed E-state index contributed by atoms with van der Waals surface area (Å²) >= 11 is 0. The van der Waals surface area contributed by atoms with E-state index in [9.17, 15) is 22.8 Å². The molecule has 0 aromatic heterocycles. The molecule has 10 heteroatoms. The van der Waals surface area contributed by atoms with E-state index in [-0.39, 0.29) is 56.9 Å². The van der Waals surface area contributed by atoms with Gasteiger partial charge in [0.05, 0.1) is 5.41 Å². The van der Waals surface area contributed by atoms with Gasteiger partial charge in [-0.3, -0.25) is 19.3 Å². The van der Waals surface area contributed by atoms with Crippen LogP contribution in [-0.4, -0.2) is 91.4 Å². The monoisotopic (exact) mass is 386 g/mol. The lowest BCUT2D eigenvalue weighted by Crippen LogP contribution is -2.55. The second kappa shape index (κ2) is 6.90. The first-order chi connectivity index (χ1) is 12.2. The van der Waals surface area contributed by atoms with Gasteiger partial charge in [-0.2, -0.15) is 17.0 Å². The third kappa shape index (κ3) is 3.25. The molecule has 1 saturated carbocycles. The summed E-state index contributed by atoms with van der Waals surface area (Å²) in [5, 5.41) is 0. The van der Waals surface area contributed by atoms with Crippen molar-refractivity contribution >= 4 is 27.9 Å². The molecule has 0 N–H and O–H groups in total. The molecule has 3 aliphatic rings. The van der Waals surface area contributed by atoms with Crippen LogP contribution in [0.4, 0.5) is 0 Å². The summed E-state index contributed by atoms with van der Waals surface area (Å²) in [5.74, 6) is -0.773. The molecule has 2 heterocycles. The van der Waals surface area contributed by atoms with E-state index in [1.54, 1.807) is 0 Å². The molecule has 0 bridgehead atoms. The van der Waals surface area contributed by atoms with Crippen LogP contribution in [-0.2, 0) is 24.6 Å². The number of piperazine rings is 1. The van der Waals surface area contributed by atoms with Crippen LogP contribution in [0.3, 0.4) is 0 Å². The Morgan fingerprint density at radius 2 is 1.65 bits per heavy atom. The maximum atomic E-state index is 12.7. The number of nitrogens with zero attached hydrogens (tertiary/aromatic N) is 4. The summed E-state index contributed by atoms with van der Waals surface area (Å²) in [5.41, 5.74) is -0.574. The van der Waals surface area contributed by atoms with Crippen LogP contribution in [0.15, 0.2) is 0 Å². The molecule has 1 aliphatic carbocycles. The Balaban J connectivity index is 1.58. The number of rotatable bonds is 4.